The van der Waals surface area contributed by atoms with Gasteiger partial charge < -0.3 is 14.6 Å². The van der Waals surface area contributed by atoms with E-state index in [-0.39, 0.29) is 5.91 Å². The van der Waals surface area contributed by atoms with Crippen molar-refractivity contribution in [1.82, 2.24) is 9.55 Å². The van der Waals surface area contributed by atoms with Crippen molar-refractivity contribution in [3.8, 4) is 0 Å². The Labute approximate surface area is 162 Å². The molecular weight excluding hydrogens is 358 g/mol. The van der Waals surface area contributed by atoms with Crippen molar-refractivity contribution in [2.45, 2.75) is 17.9 Å². The summed E-state index contributed by atoms with van der Waals surface area (Å²) in [5.74, 6) is 0.729. The van der Waals surface area contributed by atoms with Crippen LogP contribution in [0, 0.1) is 0 Å². The number of benzene rings is 2. The molecule has 6 heteroatoms. The van der Waals surface area contributed by atoms with Crippen molar-refractivity contribution in [3.05, 3.63) is 84.4 Å². The van der Waals surface area contributed by atoms with E-state index in [0.717, 1.165) is 17.0 Å². The van der Waals surface area contributed by atoms with E-state index in [2.05, 4.69) is 4.98 Å². The molecule has 4 rings (SSSR count). The first kappa shape index (κ1) is 17.8. The minimum atomic E-state index is -0.903. The number of para-hydroxylation sites is 1. The monoisotopic (exact) mass is 379 g/mol. The Balaban J connectivity index is 1.55. The topological polar surface area (TPSA) is 58.4 Å². The molecule has 0 saturated carbocycles. The molecule has 0 spiro atoms. The lowest BCUT2D eigenvalue weighted by atomic mass is 10.1. The van der Waals surface area contributed by atoms with Crippen LogP contribution in [0.25, 0.3) is 0 Å². The summed E-state index contributed by atoms with van der Waals surface area (Å²) in [6, 6.07) is 19.6. The van der Waals surface area contributed by atoms with Crippen LogP contribution in [0.3, 0.4) is 0 Å². The number of nitrogens with zero attached hydrogens (tertiary/aromatic N) is 3. The number of amides is 1. The highest BCUT2D eigenvalue weighted by molar-refractivity contribution is 8.00. The smallest absolute Gasteiger partial charge is 0.243 e. The molecule has 2 heterocycles. The first-order valence-corrected chi connectivity index (χ1v) is 9.99. The van der Waals surface area contributed by atoms with Crippen LogP contribution < -0.4 is 4.90 Å². The molecule has 3 aromatic rings. The summed E-state index contributed by atoms with van der Waals surface area (Å²) >= 11 is 1.51. The molecule has 1 N–H and O–H groups in total. The second-order valence-corrected chi connectivity index (χ2v) is 7.74. The minimum Gasteiger partial charge on any atom is -0.385 e. The van der Waals surface area contributed by atoms with Gasteiger partial charge in [-0.15, -0.1) is 11.8 Å². The molecule has 5 nitrogen and oxygen atoms in total. The van der Waals surface area contributed by atoms with Crippen LogP contribution in [0.5, 0.6) is 0 Å². The second kappa shape index (κ2) is 7.98. The highest BCUT2D eigenvalue weighted by Gasteiger charge is 2.37. The summed E-state index contributed by atoms with van der Waals surface area (Å²) < 4.78 is 1.91. The van der Waals surface area contributed by atoms with E-state index in [1.165, 1.54) is 11.8 Å². The van der Waals surface area contributed by atoms with Crippen LogP contribution >= 0.6 is 11.8 Å². The highest BCUT2D eigenvalue weighted by Crippen LogP contribution is 2.33. The van der Waals surface area contributed by atoms with Gasteiger partial charge in [0, 0.05) is 24.5 Å². The fraction of sp³-hybridized carbons (Fsp3) is 0.238. The summed E-state index contributed by atoms with van der Waals surface area (Å²) in [5.41, 5.74) is 2.66. The fourth-order valence-corrected chi connectivity index (χ4v) is 4.47. The van der Waals surface area contributed by atoms with E-state index >= 15 is 0 Å². The van der Waals surface area contributed by atoms with Gasteiger partial charge in [0.25, 0.3) is 0 Å². The number of thioether (sulfide) groups is 1. The Kier molecular flexibility index (Phi) is 5.27. The van der Waals surface area contributed by atoms with Gasteiger partial charge in [-0.3, -0.25) is 4.79 Å². The van der Waals surface area contributed by atoms with Gasteiger partial charge in [0.1, 0.15) is 11.4 Å². The van der Waals surface area contributed by atoms with E-state index in [4.69, 9.17) is 0 Å². The number of anilines is 1. The van der Waals surface area contributed by atoms with Crippen molar-refractivity contribution in [3.63, 3.8) is 0 Å². The van der Waals surface area contributed by atoms with Gasteiger partial charge in [-0.25, -0.2) is 4.98 Å². The maximum atomic E-state index is 13.0. The van der Waals surface area contributed by atoms with Crippen molar-refractivity contribution in [2.24, 2.45) is 0 Å². The largest absolute Gasteiger partial charge is 0.385 e. The molecule has 1 amide bonds. The molecule has 2 atom stereocenters. The van der Waals surface area contributed by atoms with Gasteiger partial charge in [0.2, 0.25) is 5.91 Å². The molecule has 1 aliphatic heterocycles. The first-order valence-electron chi connectivity index (χ1n) is 8.94. The number of rotatable bonds is 5. The van der Waals surface area contributed by atoms with Crippen molar-refractivity contribution in [2.75, 3.05) is 17.2 Å². The standard InChI is InChI=1S/C21H21N3O2S/c25-19(18-13-22-15-23(18)14-16-7-3-1-4-8-16)20-21(26)24(11-12-27-20)17-9-5-2-6-10-17/h1-10,13,15,19-20,25H,11-12,14H2/t19?,20-/m1/s1. The number of aliphatic hydroxyl groups is 1. The van der Waals surface area contributed by atoms with E-state index in [0.29, 0.717) is 18.8 Å². The molecule has 0 radical (unpaired) electrons. The predicted octanol–water partition coefficient (Wildman–Crippen LogP) is 3.11. The van der Waals surface area contributed by atoms with Gasteiger partial charge in [0.15, 0.2) is 0 Å². The van der Waals surface area contributed by atoms with Gasteiger partial charge in [0.05, 0.1) is 18.2 Å². The average Bonchev–Trinajstić information content (AvgIpc) is 3.17. The van der Waals surface area contributed by atoms with Crippen molar-refractivity contribution >= 4 is 23.4 Å². The molecule has 2 aromatic carbocycles. The van der Waals surface area contributed by atoms with E-state index in [9.17, 15) is 9.90 Å². The second-order valence-electron chi connectivity index (χ2n) is 6.49. The molecule has 0 aliphatic carbocycles. The molecule has 1 aliphatic rings. The van der Waals surface area contributed by atoms with E-state index < -0.39 is 11.4 Å². The molecule has 27 heavy (non-hydrogen) atoms. The zero-order chi connectivity index (χ0) is 18.6. The molecular formula is C21H21N3O2S. The zero-order valence-corrected chi connectivity index (χ0v) is 15.6. The Morgan fingerprint density at radius 2 is 1.81 bits per heavy atom. The average molecular weight is 379 g/mol. The summed E-state index contributed by atoms with van der Waals surface area (Å²) in [7, 11) is 0. The maximum Gasteiger partial charge on any atom is 0.243 e. The van der Waals surface area contributed by atoms with E-state index in [1.54, 1.807) is 17.4 Å². The first-order chi connectivity index (χ1) is 13.2. The molecule has 1 fully saturated rings. The number of hydrogen-bond donors (Lipinski definition) is 1. The summed E-state index contributed by atoms with van der Waals surface area (Å²) in [6.45, 7) is 1.27. The Morgan fingerprint density at radius 3 is 2.56 bits per heavy atom. The quantitative estimate of drug-likeness (QED) is 0.740. The SMILES string of the molecule is O=C1[C@@H](C(O)c2cncn2Cc2ccccc2)SCCN1c1ccccc1. The van der Waals surface area contributed by atoms with Crippen LogP contribution in [0.1, 0.15) is 17.4 Å². The molecule has 1 saturated heterocycles. The number of carbonyl (C=O) groups excluding carboxylic acids is 1. The van der Waals surface area contributed by atoms with Gasteiger partial charge in [-0.05, 0) is 17.7 Å². The summed E-state index contributed by atoms with van der Waals surface area (Å²) in [5, 5.41) is 10.5. The third-order valence-electron chi connectivity index (χ3n) is 4.72. The summed E-state index contributed by atoms with van der Waals surface area (Å²) in [6.07, 6.45) is 2.46. The zero-order valence-electron chi connectivity index (χ0n) is 14.8. The lowest BCUT2D eigenvalue weighted by molar-refractivity contribution is -0.120. The summed E-state index contributed by atoms with van der Waals surface area (Å²) in [4.78, 5) is 19.0. The van der Waals surface area contributed by atoms with Crippen molar-refractivity contribution in [1.29, 1.82) is 0 Å². The predicted molar refractivity (Wildman–Crippen MR) is 108 cm³/mol. The van der Waals surface area contributed by atoms with Gasteiger partial charge >= 0.3 is 0 Å². The van der Waals surface area contributed by atoms with Crippen LogP contribution in [-0.4, -0.2) is 38.1 Å². The lowest BCUT2D eigenvalue weighted by Gasteiger charge is -2.34. The van der Waals surface area contributed by atoms with Crippen LogP contribution in [0.4, 0.5) is 5.69 Å². The van der Waals surface area contributed by atoms with Crippen LogP contribution in [0.15, 0.2) is 73.2 Å². The fourth-order valence-electron chi connectivity index (χ4n) is 3.34. The molecule has 1 aromatic heterocycles. The maximum absolute atomic E-state index is 13.0. The number of aliphatic hydroxyl groups excluding tert-OH is 1. The Hall–Kier alpha value is -2.57. The van der Waals surface area contributed by atoms with Crippen LogP contribution in [-0.2, 0) is 11.3 Å². The third-order valence-corrected chi connectivity index (χ3v) is 5.96. The van der Waals surface area contributed by atoms with Crippen LogP contribution in [0.2, 0.25) is 0 Å². The number of imidazole rings is 1. The number of aromatic nitrogens is 2. The van der Waals surface area contributed by atoms with Gasteiger partial charge in [-0.1, -0.05) is 48.5 Å². The molecule has 0 bridgehead atoms. The minimum absolute atomic E-state index is 0.0580. The third kappa shape index (κ3) is 3.77. The molecule has 1 unspecified atom stereocenters. The lowest BCUT2D eigenvalue weighted by Crippen LogP contribution is -2.46. The molecule has 138 valence electrons. The van der Waals surface area contributed by atoms with Crippen molar-refractivity contribution < 1.29 is 9.90 Å². The Bertz CT molecular complexity index is 898. The number of carbonyl (C=O) groups is 1. The Morgan fingerprint density at radius 1 is 1.11 bits per heavy atom. The number of hydrogen-bond acceptors (Lipinski definition) is 4. The normalized spacial score (nSPS) is 18.5. The van der Waals surface area contributed by atoms with Gasteiger partial charge in [-0.2, -0.15) is 0 Å². The highest BCUT2D eigenvalue weighted by atomic mass is 32.2. The van der Waals surface area contributed by atoms with E-state index in [1.807, 2.05) is 65.2 Å².